The van der Waals surface area contributed by atoms with Crippen molar-refractivity contribution in [1.82, 2.24) is 9.97 Å². The highest BCUT2D eigenvalue weighted by atomic mass is 16.5. The summed E-state index contributed by atoms with van der Waals surface area (Å²) < 4.78 is 5.22. The highest BCUT2D eigenvalue weighted by Gasteiger charge is 2.11. The number of aromatic amines is 1. The third-order valence-electron chi connectivity index (χ3n) is 3.47. The molecule has 0 aliphatic rings. The molecule has 4 nitrogen and oxygen atoms in total. The first-order valence-electron chi connectivity index (χ1n) is 6.89. The zero-order valence-corrected chi connectivity index (χ0v) is 11.9. The molecule has 4 heteroatoms. The van der Waals surface area contributed by atoms with E-state index in [0.29, 0.717) is 5.92 Å². The Labute approximate surface area is 114 Å². The van der Waals surface area contributed by atoms with Crippen molar-refractivity contribution in [2.24, 2.45) is 5.73 Å². The molecule has 2 atom stereocenters. The van der Waals surface area contributed by atoms with Gasteiger partial charge in [0.25, 0.3) is 0 Å². The minimum Gasteiger partial charge on any atom is -0.497 e. The molecule has 104 valence electrons. The van der Waals surface area contributed by atoms with Crippen molar-refractivity contribution in [1.29, 1.82) is 0 Å². The average Bonchev–Trinajstić information content (AvgIpc) is 2.80. The molecule has 2 unspecified atom stereocenters. The fourth-order valence-electron chi connectivity index (χ4n) is 2.25. The maximum atomic E-state index is 5.77. The van der Waals surface area contributed by atoms with Crippen molar-refractivity contribution >= 4 is 11.0 Å². The number of nitrogens with two attached hydrogens (primary N) is 1. The van der Waals surface area contributed by atoms with Crippen LogP contribution in [0, 0.1) is 0 Å². The van der Waals surface area contributed by atoms with Crippen LogP contribution in [0.2, 0.25) is 0 Å². The summed E-state index contributed by atoms with van der Waals surface area (Å²) in [6.45, 7) is 4.26. The molecule has 1 aromatic carbocycles. The second-order valence-corrected chi connectivity index (χ2v) is 5.31. The molecule has 1 heterocycles. The van der Waals surface area contributed by atoms with Gasteiger partial charge in [-0.1, -0.05) is 13.3 Å². The summed E-state index contributed by atoms with van der Waals surface area (Å²) in [5.41, 5.74) is 7.80. The van der Waals surface area contributed by atoms with E-state index in [1.807, 2.05) is 18.2 Å². The summed E-state index contributed by atoms with van der Waals surface area (Å²) in [5, 5.41) is 0. The smallest absolute Gasteiger partial charge is 0.121 e. The Morgan fingerprint density at radius 1 is 1.32 bits per heavy atom. The third kappa shape index (κ3) is 3.47. The maximum Gasteiger partial charge on any atom is 0.121 e. The Hall–Kier alpha value is -1.55. The van der Waals surface area contributed by atoms with Crippen molar-refractivity contribution in [3.05, 3.63) is 24.0 Å². The van der Waals surface area contributed by atoms with Crippen LogP contribution < -0.4 is 10.5 Å². The molecule has 0 fully saturated rings. The van der Waals surface area contributed by atoms with Gasteiger partial charge < -0.3 is 15.5 Å². The predicted octanol–water partition coefficient (Wildman–Crippen LogP) is 3.19. The van der Waals surface area contributed by atoms with E-state index >= 15 is 0 Å². The zero-order valence-electron chi connectivity index (χ0n) is 11.9. The van der Waals surface area contributed by atoms with Crippen LogP contribution >= 0.6 is 0 Å². The van der Waals surface area contributed by atoms with Crippen LogP contribution in [0.3, 0.4) is 0 Å². The van der Waals surface area contributed by atoms with Gasteiger partial charge in [0, 0.05) is 18.0 Å². The number of nitrogens with one attached hydrogen (secondary N) is 1. The molecule has 2 rings (SSSR count). The van der Waals surface area contributed by atoms with Crippen LogP contribution in [0.1, 0.15) is 44.9 Å². The topological polar surface area (TPSA) is 63.9 Å². The monoisotopic (exact) mass is 261 g/mol. The number of H-pyrrole nitrogens is 1. The van der Waals surface area contributed by atoms with Crippen LogP contribution in [0.4, 0.5) is 0 Å². The lowest BCUT2D eigenvalue weighted by Crippen LogP contribution is -2.14. The minimum absolute atomic E-state index is 0.284. The summed E-state index contributed by atoms with van der Waals surface area (Å²) in [6, 6.07) is 6.20. The number of aromatic nitrogens is 2. The second-order valence-electron chi connectivity index (χ2n) is 5.31. The van der Waals surface area contributed by atoms with E-state index in [1.54, 1.807) is 7.11 Å². The van der Waals surface area contributed by atoms with Crippen LogP contribution in [0.15, 0.2) is 18.2 Å². The van der Waals surface area contributed by atoms with E-state index in [0.717, 1.165) is 41.9 Å². The van der Waals surface area contributed by atoms with Crippen LogP contribution in [0.25, 0.3) is 11.0 Å². The Morgan fingerprint density at radius 3 is 2.79 bits per heavy atom. The number of hydrogen-bond acceptors (Lipinski definition) is 3. The number of imidazole rings is 1. The number of ether oxygens (including phenoxy) is 1. The standard InChI is InChI=1S/C15H23N3O/c1-10(5-4-6-11(2)16)15-17-13-8-7-12(19-3)9-14(13)18-15/h7-11H,4-6,16H2,1-3H3,(H,17,18). The molecule has 0 saturated heterocycles. The fraction of sp³-hybridized carbons (Fsp3) is 0.533. The van der Waals surface area contributed by atoms with E-state index in [2.05, 4.69) is 23.8 Å². The van der Waals surface area contributed by atoms with E-state index in [1.165, 1.54) is 0 Å². The molecule has 0 amide bonds. The summed E-state index contributed by atoms with van der Waals surface area (Å²) in [4.78, 5) is 8.03. The fourth-order valence-corrected chi connectivity index (χ4v) is 2.25. The van der Waals surface area contributed by atoms with Gasteiger partial charge in [-0.15, -0.1) is 0 Å². The van der Waals surface area contributed by atoms with Crippen molar-refractivity contribution < 1.29 is 4.74 Å². The summed E-state index contributed by atoms with van der Waals surface area (Å²) >= 11 is 0. The van der Waals surface area contributed by atoms with E-state index < -0.39 is 0 Å². The maximum absolute atomic E-state index is 5.77. The van der Waals surface area contributed by atoms with Crippen LogP contribution in [-0.2, 0) is 0 Å². The van der Waals surface area contributed by atoms with Crippen molar-refractivity contribution in [2.45, 2.75) is 45.1 Å². The summed E-state index contributed by atoms with van der Waals surface area (Å²) in [7, 11) is 1.68. The number of fused-ring (bicyclic) bond motifs is 1. The molecular weight excluding hydrogens is 238 g/mol. The second kappa shape index (κ2) is 6.06. The number of rotatable bonds is 6. The Bertz CT molecular complexity index is 533. The number of hydrogen-bond donors (Lipinski definition) is 2. The molecule has 0 spiro atoms. The van der Waals surface area contributed by atoms with E-state index in [9.17, 15) is 0 Å². The first-order chi connectivity index (χ1) is 9.10. The van der Waals surface area contributed by atoms with E-state index in [4.69, 9.17) is 10.5 Å². The molecule has 0 aliphatic carbocycles. The van der Waals surface area contributed by atoms with Gasteiger partial charge in [-0.3, -0.25) is 0 Å². The van der Waals surface area contributed by atoms with Crippen LogP contribution in [0.5, 0.6) is 5.75 Å². The van der Waals surface area contributed by atoms with Gasteiger partial charge in [0.1, 0.15) is 11.6 Å². The average molecular weight is 261 g/mol. The molecule has 0 radical (unpaired) electrons. The number of benzene rings is 1. The van der Waals surface area contributed by atoms with Gasteiger partial charge in [0.15, 0.2) is 0 Å². The van der Waals surface area contributed by atoms with Gasteiger partial charge >= 0.3 is 0 Å². The summed E-state index contributed by atoms with van der Waals surface area (Å²) in [5.74, 6) is 2.33. The predicted molar refractivity (Wildman–Crippen MR) is 78.6 cm³/mol. The van der Waals surface area contributed by atoms with Gasteiger partial charge in [-0.05, 0) is 31.9 Å². The zero-order chi connectivity index (χ0) is 13.8. The highest BCUT2D eigenvalue weighted by molar-refractivity contribution is 5.76. The molecule has 3 N–H and O–H groups in total. The van der Waals surface area contributed by atoms with Crippen LogP contribution in [-0.4, -0.2) is 23.1 Å². The molecule has 2 aromatic rings. The lowest BCUT2D eigenvalue weighted by atomic mass is 10.0. The van der Waals surface area contributed by atoms with Crippen molar-refractivity contribution in [3.63, 3.8) is 0 Å². The van der Waals surface area contributed by atoms with Crippen molar-refractivity contribution in [3.8, 4) is 5.75 Å². The first-order valence-corrected chi connectivity index (χ1v) is 6.89. The number of methoxy groups -OCH3 is 1. The largest absolute Gasteiger partial charge is 0.497 e. The van der Waals surface area contributed by atoms with E-state index in [-0.39, 0.29) is 6.04 Å². The number of nitrogens with zero attached hydrogens (tertiary/aromatic N) is 1. The van der Waals surface area contributed by atoms with Gasteiger partial charge in [-0.2, -0.15) is 0 Å². The Balaban J connectivity index is 2.07. The molecule has 0 bridgehead atoms. The third-order valence-corrected chi connectivity index (χ3v) is 3.47. The Morgan fingerprint density at radius 2 is 2.11 bits per heavy atom. The summed E-state index contributed by atoms with van der Waals surface area (Å²) in [6.07, 6.45) is 3.32. The SMILES string of the molecule is COc1ccc2nc(C(C)CCCC(C)N)[nH]c2c1. The molecule has 1 aromatic heterocycles. The van der Waals surface area contributed by atoms with Crippen molar-refractivity contribution in [2.75, 3.05) is 7.11 Å². The quantitative estimate of drug-likeness (QED) is 0.839. The lowest BCUT2D eigenvalue weighted by molar-refractivity contribution is 0.415. The molecule has 0 saturated carbocycles. The van der Waals surface area contributed by atoms with Gasteiger partial charge in [0.2, 0.25) is 0 Å². The first kappa shape index (κ1) is 13.9. The highest BCUT2D eigenvalue weighted by Crippen LogP contribution is 2.24. The minimum atomic E-state index is 0.284. The molecular formula is C15H23N3O. The normalized spacial score (nSPS) is 14.5. The lowest BCUT2D eigenvalue weighted by Gasteiger charge is -2.09. The molecule has 0 aliphatic heterocycles. The van der Waals surface area contributed by atoms with Gasteiger partial charge in [0.05, 0.1) is 18.1 Å². The molecule has 19 heavy (non-hydrogen) atoms. The Kier molecular flexibility index (Phi) is 4.43. The van der Waals surface area contributed by atoms with Gasteiger partial charge in [-0.25, -0.2) is 4.98 Å².